The molecule has 0 bridgehead atoms. The predicted molar refractivity (Wildman–Crippen MR) is 50.2 cm³/mol. The summed E-state index contributed by atoms with van der Waals surface area (Å²) in [6.45, 7) is 4.05. The molecule has 0 heterocycles. The molecule has 11 heavy (non-hydrogen) atoms. The quantitative estimate of drug-likeness (QED) is 0.476. The van der Waals surface area contributed by atoms with Crippen LogP contribution >= 0.6 is 0 Å². The third-order valence-electron chi connectivity index (χ3n) is 1.71. The number of rotatable bonds is 5. The summed E-state index contributed by atoms with van der Waals surface area (Å²) < 4.78 is 0. The molecule has 0 radical (unpaired) electrons. The van der Waals surface area contributed by atoms with Crippen LogP contribution in [0.25, 0.3) is 0 Å². The van der Waals surface area contributed by atoms with Gasteiger partial charge in [-0.05, 0) is 26.2 Å². The van der Waals surface area contributed by atoms with Gasteiger partial charge in [-0.25, -0.2) is 0 Å². The molecule has 1 atom stereocenters. The third-order valence-corrected chi connectivity index (χ3v) is 1.71. The molecule has 0 spiro atoms. The van der Waals surface area contributed by atoms with Crippen molar-refractivity contribution in [1.29, 1.82) is 0 Å². The minimum Gasteiger partial charge on any atom is -0.328 e. The molecule has 2 N–H and O–H groups in total. The topological polar surface area (TPSA) is 26.0 Å². The average Bonchev–Trinajstić information content (AvgIpc) is 1.99. The van der Waals surface area contributed by atoms with Crippen LogP contribution in [-0.2, 0) is 0 Å². The van der Waals surface area contributed by atoms with Crippen molar-refractivity contribution < 1.29 is 0 Å². The van der Waals surface area contributed by atoms with E-state index < -0.39 is 0 Å². The van der Waals surface area contributed by atoms with Gasteiger partial charge >= 0.3 is 0 Å². The highest BCUT2D eigenvalue weighted by Gasteiger charge is 1.98. The second kappa shape index (κ2) is 7.63. The molecule has 0 aromatic carbocycles. The van der Waals surface area contributed by atoms with Gasteiger partial charge in [0, 0.05) is 12.5 Å². The monoisotopic (exact) mass is 153 g/mol. The van der Waals surface area contributed by atoms with Crippen molar-refractivity contribution in [1.82, 2.24) is 0 Å². The van der Waals surface area contributed by atoms with E-state index in [4.69, 9.17) is 5.73 Å². The van der Waals surface area contributed by atoms with Gasteiger partial charge in [0.05, 0.1) is 0 Å². The van der Waals surface area contributed by atoms with E-state index >= 15 is 0 Å². The SMILES string of the molecule is CC#CCCCC(N)CCC. The van der Waals surface area contributed by atoms with Gasteiger partial charge in [-0.2, -0.15) is 0 Å². The second-order valence-corrected chi connectivity index (χ2v) is 2.87. The summed E-state index contributed by atoms with van der Waals surface area (Å²) in [5, 5.41) is 0. The summed E-state index contributed by atoms with van der Waals surface area (Å²) in [6.07, 6.45) is 5.64. The van der Waals surface area contributed by atoms with Crippen molar-refractivity contribution in [2.24, 2.45) is 5.73 Å². The zero-order valence-corrected chi connectivity index (χ0v) is 7.69. The molecule has 1 heteroatoms. The normalized spacial score (nSPS) is 11.9. The zero-order chi connectivity index (χ0) is 8.53. The molecule has 1 unspecified atom stereocenters. The summed E-state index contributed by atoms with van der Waals surface area (Å²) in [5.74, 6) is 5.92. The molecule has 0 saturated heterocycles. The Balaban J connectivity index is 3.14. The summed E-state index contributed by atoms with van der Waals surface area (Å²) in [7, 11) is 0. The smallest absolute Gasteiger partial charge is 0.00891 e. The lowest BCUT2D eigenvalue weighted by Crippen LogP contribution is -2.18. The highest BCUT2D eigenvalue weighted by Crippen LogP contribution is 2.03. The van der Waals surface area contributed by atoms with Crippen LogP contribution in [0.15, 0.2) is 0 Å². The van der Waals surface area contributed by atoms with Crippen LogP contribution in [0.4, 0.5) is 0 Å². The third kappa shape index (κ3) is 7.42. The van der Waals surface area contributed by atoms with Crippen LogP contribution in [0.3, 0.4) is 0 Å². The molecule has 0 rings (SSSR count). The van der Waals surface area contributed by atoms with Gasteiger partial charge in [-0.15, -0.1) is 11.8 Å². The molecule has 0 aliphatic carbocycles. The van der Waals surface area contributed by atoms with Crippen LogP contribution < -0.4 is 5.73 Å². The van der Waals surface area contributed by atoms with Gasteiger partial charge in [0.2, 0.25) is 0 Å². The van der Waals surface area contributed by atoms with Gasteiger partial charge < -0.3 is 5.73 Å². The fourth-order valence-corrected chi connectivity index (χ4v) is 1.09. The Morgan fingerprint density at radius 1 is 1.36 bits per heavy atom. The zero-order valence-electron chi connectivity index (χ0n) is 7.69. The highest BCUT2D eigenvalue weighted by atomic mass is 14.6. The van der Waals surface area contributed by atoms with E-state index in [0.29, 0.717) is 6.04 Å². The number of hydrogen-bond acceptors (Lipinski definition) is 1. The standard InChI is InChI=1S/C10H19N/c1-3-5-6-7-9-10(11)8-4-2/h10H,4,6-9,11H2,1-2H3. The Morgan fingerprint density at radius 2 is 2.09 bits per heavy atom. The van der Waals surface area contributed by atoms with Crippen molar-refractivity contribution in [2.45, 2.75) is 52.0 Å². The van der Waals surface area contributed by atoms with Crippen molar-refractivity contribution in [3.8, 4) is 11.8 Å². The van der Waals surface area contributed by atoms with E-state index in [2.05, 4.69) is 18.8 Å². The van der Waals surface area contributed by atoms with Gasteiger partial charge in [0.25, 0.3) is 0 Å². The van der Waals surface area contributed by atoms with Crippen LogP contribution in [0.5, 0.6) is 0 Å². The molecule has 0 fully saturated rings. The Bertz CT molecular complexity index is 130. The van der Waals surface area contributed by atoms with Crippen LogP contribution in [0.2, 0.25) is 0 Å². The molecule has 0 saturated carbocycles. The molecule has 0 aromatic heterocycles. The first-order valence-electron chi connectivity index (χ1n) is 4.46. The average molecular weight is 153 g/mol. The first-order valence-corrected chi connectivity index (χ1v) is 4.46. The Labute approximate surface area is 70.4 Å². The van der Waals surface area contributed by atoms with Crippen molar-refractivity contribution in [3.63, 3.8) is 0 Å². The van der Waals surface area contributed by atoms with Gasteiger partial charge in [-0.3, -0.25) is 0 Å². The largest absolute Gasteiger partial charge is 0.328 e. The van der Waals surface area contributed by atoms with E-state index in [9.17, 15) is 0 Å². The van der Waals surface area contributed by atoms with Gasteiger partial charge in [0.1, 0.15) is 0 Å². The van der Waals surface area contributed by atoms with E-state index in [-0.39, 0.29) is 0 Å². The van der Waals surface area contributed by atoms with Crippen molar-refractivity contribution in [3.05, 3.63) is 0 Å². The molecule has 0 aliphatic heterocycles. The lowest BCUT2D eigenvalue weighted by atomic mass is 10.1. The lowest BCUT2D eigenvalue weighted by Gasteiger charge is -2.07. The molecule has 0 amide bonds. The summed E-state index contributed by atoms with van der Waals surface area (Å²) in [4.78, 5) is 0. The molecule has 0 aliphatic rings. The Hall–Kier alpha value is -0.480. The van der Waals surface area contributed by atoms with Gasteiger partial charge in [0.15, 0.2) is 0 Å². The van der Waals surface area contributed by atoms with Crippen LogP contribution in [0, 0.1) is 11.8 Å². The summed E-state index contributed by atoms with van der Waals surface area (Å²) in [6, 6.07) is 0.402. The Kier molecular flexibility index (Phi) is 7.29. The second-order valence-electron chi connectivity index (χ2n) is 2.87. The number of nitrogens with two attached hydrogens (primary N) is 1. The number of unbranched alkanes of at least 4 members (excludes halogenated alkanes) is 1. The van der Waals surface area contributed by atoms with Crippen LogP contribution in [-0.4, -0.2) is 6.04 Å². The van der Waals surface area contributed by atoms with Crippen LogP contribution in [0.1, 0.15) is 46.0 Å². The maximum Gasteiger partial charge on any atom is 0.00891 e. The summed E-state index contributed by atoms with van der Waals surface area (Å²) >= 11 is 0. The van der Waals surface area contributed by atoms with Crippen molar-refractivity contribution in [2.75, 3.05) is 0 Å². The van der Waals surface area contributed by atoms with E-state index in [1.807, 2.05) is 6.92 Å². The number of hydrogen-bond donors (Lipinski definition) is 1. The first kappa shape index (κ1) is 10.5. The predicted octanol–water partition coefficient (Wildman–Crippen LogP) is 2.31. The molecular weight excluding hydrogens is 134 g/mol. The minimum absolute atomic E-state index is 0.402. The maximum absolute atomic E-state index is 5.82. The maximum atomic E-state index is 5.82. The first-order chi connectivity index (χ1) is 5.31. The molecular formula is C10H19N. The van der Waals surface area contributed by atoms with Gasteiger partial charge in [-0.1, -0.05) is 13.3 Å². The Morgan fingerprint density at radius 3 is 2.64 bits per heavy atom. The summed E-state index contributed by atoms with van der Waals surface area (Å²) in [5.41, 5.74) is 5.82. The fourth-order valence-electron chi connectivity index (χ4n) is 1.09. The van der Waals surface area contributed by atoms with Crippen molar-refractivity contribution >= 4 is 0 Å². The minimum atomic E-state index is 0.402. The van der Waals surface area contributed by atoms with E-state index in [1.165, 1.54) is 6.42 Å². The molecule has 1 nitrogen and oxygen atoms in total. The lowest BCUT2D eigenvalue weighted by molar-refractivity contribution is 0.544. The molecule has 64 valence electrons. The van der Waals surface area contributed by atoms with E-state index in [0.717, 1.165) is 25.7 Å². The fraction of sp³-hybridized carbons (Fsp3) is 0.800. The van der Waals surface area contributed by atoms with E-state index in [1.54, 1.807) is 0 Å². The highest BCUT2D eigenvalue weighted by molar-refractivity contribution is 4.94. The molecule has 0 aromatic rings.